The number of aromatic nitrogens is 2. The highest BCUT2D eigenvalue weighted by atomic mass is 79.9. The van der Waals surface area contributed by atoms with Crippen LogP contribution in [-0.4, -0.2) is 9.97 Å². The smallest absolute Gasteiger partial charge is 0.138 e. The second-order valence-electron chi connectivity index (χ2n) is 6.28. The zero-order valence-electron chi connectivity index (χ0n) is 14.3. The molecular weight excluding hydrogens is 364 g/mol. The van der Waals surface area contributed by atoms with E-state index in [1.54, 1.807) is 0 Å². The summed E-state index contributed by atoms with van der Waals surface area (Å²) in [6.45, 7) is 8.14. The van der Waals surface area contributed by atoms with E-state index in [1.165, 1.54) is 0 Å². The van der Waals surface area contributed by atoms with Gasteiger partial charge in [0.2, 0.25) is 0 Å². The molecule has 0 bridgehead atoms. The average Bonchev–Trinajstić information content (AvgIpc) is 2.48. The number of aryl methyl sites for hydroxylation is 3. The zero-order chi connectivity index (χ0) is 17.4. The van der Waals surface area contributed by atoms with Crippen LogP contribution in [0.1, 0.15) is 35.5 Å². The number of rotatable bonds is 3. The van der Waals surface area contributed by atoms with Gasteiger partial charge in [-0.25, -0.2) is 9.97 Å². The van der Waals surface area contributed by atoms with Crippen LogP contribution in [0.4, 0.5) is 11.5 Å². The average molecular weight is 385 g/mol. The summed E-state index contributed by atoms with van der Waals surface area (Å²) in [5, 5.41) is 4.52. The van der Waals surface area contributed by atoms with Gasteiger partial charge in [0.1, 0.15) is 11.6 Å². The molecule has 0 saturated heterocycles. The van der Waals surface area contributed by atoms with Crippen LogP contribution in [-0.2, 0) is 0 Å². The maximum absolute atomic E-state index is 5.98. The Kier molecular flexibility index (Phi) is 4.45. The summed E-state index contributed by atoms with van der Waals surface area (Å²) in [5.41, 5.74) is 11.2. The van der Waals surface area contributed by atoms with Crippen molar-refractivity contribution in [3.8, 4) is 0 Å². The van der Waals surface area contributed by atoms with E-state index in [0.29, 0.717) is 0 Å². The molecule has 1 atom stereocenters. The molecule has 124 valence electrons. The van der Waals surface area contributed by atoms with Crippen LogP contribution in [0.3, 0.4) is 0 Å². The number of anilines is 2. The molecular formula is C19H21BrN4. The Morgan fingerprint density at radius 2 is 1.79 bits per heavy atom. The van der Waals surface area contributed by atoms with Crippen LogP contribution in [0, 0.1) is 20.8 Å². The molecule has 0 unspecified atom stereocenters. The van der Waals surface area contributed by atoms with Gasteiger partial charge < -0.3 is 11.1 Å². The monoisotopic (exact) mass is 384 g/mol. The first-order valence-electron chi connectivity index (χ1n) is 7.91. The summed E-state index contributed by atoms with van der Waals surface area (Å²) >= 11 is 3.60. The largest absolute Gasteiger partial charge is 0.399 e. The van der Waals surface area contributed by atoms with Crippen molar-refractivity contribution in [3.05, 3.63) is 57.3 Å². The Hall–Kier alpha value is -2.14. The third-order valence-electron chi connectivity index (χ3n) is 4.06. The van der Waals surface area contributed by atoms with Gasteiger partial charge >= 0.3 is 0 Å². The van der Waals surface area contributed by atoms with Crippen molar-refractivity contribution in [3.63, 3.8) is 0 Å². The molecule has 0 aliphatic heterocycles. The van der Waals surface area contributed by atoms with Gasteiger partial charge in [0.05, 0.1) is 11.6 Å². The van der Waals surface area contributed by atoms with E-state index in [-0.39, 0.29) is 6.04 Å². The van der Waals surface area contributed by atoms with Crippen molar-refractivity contribution in [1.82, 2.24) is 9.97 Å². The van der Waals surface area contributed by atoms with Crippen LogP contribution in [0.2, 0.25) is 0 Å². The van der Waals surface area contributed by atoms with E-state index in [1.807, 2.05) is 19.1 Å². The lowest BCUT2D eigenvalue weighted by Gasteiger charge is -2.18. The minimum Gasteiger partial charge on any atom is -0.399 e. The summed E-state index contributed by atoms with van der Waals surface area (Å²) in [6, 6.07) is 10.4. The van der Waals surface area contributed by atoms with Crippen molar-refractivity contribution < 1.29 is 0 Å². The number of hydrogen-bond donors (Lipinski definition) is 2. The molecule has 1 heterocycles. The van der Waals surface area contributed by atoms with Crippen molar-refractivity contribution >= 4 is 38.3 Å². The van der Waals surface area contributed by atoms with Gasteiger partial charge in [-0.1, -0.05) is 22.0 Å². The van der Waals surface area contributed by atoms with Gasteiger partial charge in [-0.3, -0.25) is 0 Å². The Labute approximate surface area is 150 Å². The second-order valence-corrected chi connectivity index (χ2v) is 7.14. The molecule has 0 aliphatic rings. The molecule has 0 aliphatic carbocycles. The quantitative estimate of drug-likeness (QED) is 0.618. The number of hydrogen-bond acceptors (Lipinski definition) is 4. The molecule has 1 aromatic heterocycles. The van der Waals surface area contributed by atoms with Gasteiger partial charge in [0.15, 0.2) is 0 Å². The molecule has 0 spiro atoms. The Morgan fingerprint density at radius 1 is 1.04 bits per heavy atom. The summed E-state index contributed by atoms with van der Waals surface area (Å²) < 4.78 is 1.05. The number of benzene rings is 2. The van der Waals surface area contributed by atoms with Crippen LogP contribution >= 0.6 is 15.9 Å². The van der Waals surface area contributed by atoms with Gasteiger partial charge in [-0.05, 0) is 68.7 Å². The van der Waals surface area contributed by atoms with E-state index in [4.69, 9.17) is 5.73 Å². The Bertz CT molecular complexity index is 901. The molecule has 2 aromatic carbocycles. The molecule has 0 amide bonds. The normalized spacial score (nSPS) is 12.4. The SMILES string of the molecule is Cc1cc(N)cc([C@@H](C)Nc2nc(C)nc3cc(C)c(Br)cc23)c1. The predicted molar refractivity (Wildman–Crippen MR) is 104 cm³/mol. The highest BCUT2D eigenvalue weighted by Gasteiger charge is 2.12. The molecule has 3 rings (SSSR count). The number of nitrogens with one attached hydrogen (secondary N) is 1. The van der Waals surface area contributed by atoms with E-state index in [0.717, 1.165) is 49.4 Å². The van der Waals surface area contributed by atoms with E-state index >= 15 is 0 Å². The Balaban J connectivity index is 2.04. The summed E-state index contributed by atoms with van der Waals surface area (Å²) in [7, 11) is 0. The zero-order valence-corrected chi connectivity index (χ0v) is 15.9. The number of nitrogen functional groups attached to an aromatic ring is 1. The lowest BCUT2D eigenvalue weighted by molar-refractivity contribution is 0.871. The third-order valence-corrected chi connectivity index (χ3v) is 4.92. The van der Waals surface area contributed by atoms with Crippen LogP contribution in [0.15, 0.2) is 34.8 Å². The summed E-state index contributed by atoms with van der Waals surface area (Å²) in [4.78, 5) is 9.16. The molecule has 0 saturated carbocycles. The second kappa shape index (κ2) is 6.40. The maximum atomic E-state index is 5.98. The number of fused-ring (bicyclic) bond motifs is 1. The number of nitrogens with two attached hydrogens (primary N) is 1. The third kappa shape index (κ3) is 3.36. The van der Waals surface area contributed by atoms with Crippen LogP contribution < -0.4 is 11.1 Å². The van der Waals surface area contributed by atoms with Crippen LogP contribution in [0.5, 0.6) is 0 Å². The molecule has 5 heteroatoms. The lowest BCUT2D eigenvalue weighted by atomic mass is 10.0. The van der Waals surface area contributed by atoms with Crippen molar-refractivity contribution in [1.29, 1.82) is 0 Å². The standard InChI is InChI=1S/C19H21BrN4/c1-10-5-14(8-15(21)6-10)12(3)22-19-16-9-17(20)11(2)7-18(16)23-13(4)24-19/h5-9,12H,21H2,1-4H3,(H,22,23,24)/t12-/m1/s1. The first-order valence-corrected chi connectivity index (χ1v) is 8.71. The molecule has 0 radical (unpaired) electrons. The van der Waals surface area contributed by atoms with Gasteiger partial charge in [-0.2, -0.15) is 0 Å². The lowest BCUT2D eigenvalue weighted by Crippen LogP contribution is -2.10. The molecule has 0 fully saturated rings. The van der Waals surface area contributed by atoms with Crippen molar-refractivity contribution in [2.24, 2.45) is 0 Å². The van der Waals surface area contributed by atoms with Crippen LogP contribution in [0.25, 0.3) is 10.9 Å². The molecule has 24 heavy (non-hydrogen) atoms. The van der Waals surface area contributed by atoms with Crippen molar-refractivity contribution in [2.45, 2.75) is 33.7 Å². The van der Waals surface area contributed by atoms with E-state index < -0.39 is 0 Å². The molecule has 4 nitrogen and oxygen atoms in total. The van der Waals surface area contributed by atoms with Gasteiger partial charge in [0, 0.05) is 15.5 Å². The highest BCUT2D eigenvalue weighted by Crippen LogP contribution is 2.30. The maximum Gasteiger partial charge on any atom is 0.138 e. The number of halogens is 1. The number of nitrogens with zero attached hydrogens (tertiary/aromatic N) is 2. The van der Waals surface area contributed by atoms with E-state index in [2.05, 4.69) is 70.2 Å². The molecule has 3 aromatic rings. The van der Waals surface area contributed by atoms with Gasteiger partial charge in [-0.15, -0.1) is 0 Å². The molecule has 3 N–H and O–H groups in total. The van der Waals surface area contributed by atoms with Gasteiger partial charge in [0.25, 0.3) is 0 Å². The Morgan fingerprint density at radius 3 is 2.50 bits per heavy atom. The van der Waals surface area contributed by atoms with E-state index in [9.17, 15) is 0 Å². The summed E-state index contributed by atoms with van der Waals surface area (Å²) in [5.74, 6) is 1.59. The topological polar surface area (TPSA) is 63.8 Å². The fourth-order valence-electron chi connectivity index (χ4n) is 2.86. The minimum absolute atomic E-state index is 0.0878. The fraction of sp³-hybridized carbons (Fsp3) is 0.263. The fourth-order valence-corrected chi connectivity index (χ4v) is 3.20. The minimum atomic E-state index is 0.0878. The summed E-state index contributed by atoms with van der Waals surface area (Å²) in [6.07, 6.45) is 0. The first-order chi connectivity index (χ1) is 11.3. The highest BCUT2D eigenvalue weighted by molar-refractivity contribution is 9.10. The predicted octanol–water partition coefficient (Wildman–Crippen LogP) is 5.07. The van der Waals surface area contributed by atoms with Crippen molar-refractivity contribution in [2.75, 3.05) is 11.1 Å². The first kappa shape index (κ1) is 16.7.